The van der Waals surface area contributed by atoms with E-state index in [0.717, 1.165) is 24.0 Å². The number of rotatable bonds is 10. The van der Waals surface area contributed by atoms with E-state index in [0.29, 0.717) is 24.2 Å². The van der Waals surface area contributed by atoms with Crippen LogP contribution in [0.4, 0.5) is 0 Å². The summed E-state index contributed by atoms with van der Waals surface area (Å²) in [5.41, 5.74) is 1.48. The van der Waals surface area contributed by atoms with Crippen molar-refractivity contribution in [2.75, 3.05) is 7.11 Å². The lowest BCUT2D eigenvalue weighted by atomic mass is 9.93. The van der Waals surface area contributed by atoms with Crippen LogP contribution in [0.15, 0.2) is 48.5 Å². The molecule has 1 aliphatic carbocycles. The molecule has 35 heavy (non-hydrogen) atoms. The SMILES string of the molecule is COc1cc(C[C@H](NC(=O)C2(NC(=O)[C@@H](S)C(C)C)CCCC2)C(=O)O)ccc1-c1ccccc1. The van der Waals surface area contributed by atoms with Gasteiger partial charge in [-0.2, -0.15) is 12.6 Å². The molecule has 188 valence electrons. The maximum Gasteiger partial charge on any atom is 0.326 e. The van der Waals surface area contributed by atoms with Crippen LogP contribution in [0.3, 0.4) is 0 Å². The zero-order valence-electron chi connectivity index (χ0n) is 20.4. The van der Waals surface area contributed by atoms with Crippen LogP contribution in [0.25, 0.3) is 11.1 Å². The first-order chi connectivity index (χ1) is 16.7. The zero-order valence-corrected chi connectivity index (χ0v) is 21.3. The number of amides is 2. The Balaban J connectivity index is 1.78. The van der Waals surface area contributed by atoms with Crippen molar-refractivity contribution in [2.45, 2.75) is 62.8 Å². The topological polar surface area (TPSA) is 105 Å². The second-order valence-corrected chi connectivity index (χ2v) is 9.99. The van der Waals surface area contributed by atoms with Crippen molar-refractivity contribution in [2.24, 2.45) is 5.92 Å². The molecule has 0 unspecified atom stereocenters. The summed E-state index contributed by atoms with van der Waals surface area (Å²) in [6, 6.07) is 14.1. The molecule has 2 aromatic rings. The van der Waals surface area contributed by atoms with E-state index in [1.54, 1.807) is 13.2 Å². The van der Waals surface area contributed by atoms with Crippen LogP contribution in [0.5, 0.6) is 5.75 Å². The average Bonchev–Trinajstić information content (AvgIpc) is 3.33. The van der Waals surface area contributed by atoms with Gasteiger partial charge in [0.05, 0.1) is 12.4 Å². The van der Waals surface area contributed by atoms with Crippen LogP contribution in [-0.4, -0.2) is 46.8 Å². The maximum absolute atomic E-state index is 13.3. The van der Waals surface area contributed by atoms with Crippen molar-refractivity contribution >= 4 is 30.4 Å². The molecule has 0 heterocycles. The van der Waals surface area contributed by atoms with E-state index in [-0.39, 0.29) is 18.2 Å². The van der Waals surface area contributed by atoms with Gasteiger partial charge in [0, 0.05) is 12.0 Å². The predicted molar refractivity (Wildman–Crippen MR) is 139 cm³/mol. The van der Waals surface area contributed by atoms with Crippen LogP contribution < -0.4 is 15.4 Å². The molecule has 0 radical (unpaired) electrons. The highest BCUT2D eigenvalue weighted by Gasteiger charge is 2.44. The van der Waals surface area contributed by atoms with E-state index < -0.39 is 28.7 Å². The number of methoxy groups -OCH3 is 1. The van der Waals surface area contributed by atoms with Gasteiger partial charge in [-0.25, -0.2) is 4.79 Å². The number of aliphatic carboxylic acids is 1. The number of ether oxygens (including phenoxy) is 1. The standard InChI is InChI=1S/C27H34N2O5S/c1-17(2)23(35)24(30)29-27(13-7-8-14-27)26(33)28-21(25(31)32)15-18-11-12-20(22(16-18)34-3)19-9-5-4-6-10-19/h4-6,9-12,16-17,21,23,35H,7-8,13-15H2,1-3H3,(H,28,33)(H,29,30)(H,31,32)/t21-,23-/m0/s1. The Hall–Kier alpha value is -3.00. The van der Waals surface area contributed by atoms with E-state index in [9.17, 15) is 19.5 Å². The van der Waals surface area contributed by atoms with Gasteiger partial charge in [-0.15, -0.1) is 0 Å². The fraction of sp³-hybridized carbons (Fsp3) is 0.444. The summed E-state index contributed by atoms with van der Waals surface area (Å²) in [7, 11) is 1.57. The second-order valence-electron chi connectivity index (χ2n) is 9.44. The first-order valence-electron chi connectivity index (χ1n) is 11.9. The number of carbonyl (C=O) groups is 3. The van der Waals surface area contributed by atoms with Crippen LogP contribution in [-0.2, 0) is 20.8 Å². The van der Waals surface area contributed by atoms with Crippen molar-refractivity contribution < 1.29 is 24.2 Å². The quantitative estimate of drug-likeness (QED) is 0.373. The molecular weight excluding hydrogens is 464 g/mol. The first-order valence-corrected chi connectivity index (χ1v) is 12.4. The number of hydrogen-bond acceptors (Lipinski definition) is 5. The van der Waals surface area contributed by atoms with Crippen molar-refractivity contribution in [1.82, 2.24) is 10.6 Å². The molecule has 0 bridgehead atoms. The first kappa shape index (κ1) is 26.6. The minimum Gasteiger partial charge on any atom is -0.496 e. The van der Waals surface area contributed by atoms with E-state index in [1.807, 2.05) is 56.3 Å². The van der Waals surface area contributed by atoms with Gasteiger partial charge in [0.2, 0.25) is 11.8 Å². The molecule has 3 rings (SSSR count). The fourth-order valence-corrected chi connectivity index (χ4v) is 4.52. The number of carboxylic acid groups (broad SMARTS) is 1. The monoisotopic (exact) mass is 498 g/mol. The summed E-state index contributed by atoms with van der Waals surface area (Å²) in [6.07, 6.45) is 2.58. The highest BCUT2D eigenvalue weighted by Crippen LogP contribution is 2.32. The van der Waals surface area contributed by atoms with Gasteiger partial charge < -0.3 is 20.5 Å². The van der Waals surface area contributed by atoms with Gasteiger partial charge in [-0.1, -0.05) is 69.2 Å². The molecule has 2 amide bonds. The third kappa shape index (κ3) is 6.36. The van der Waals surface area contributed by atoms with Gasteiger partial charge in [-0.3, -0.25) is 9.59 Å². The van der Waals surface area contributed by atoms with Crippen LogP contribution in [0.1, 0.15) is 45.1 Å². The van der Waals surface area contributed by atoms with E-state index >= 15 is 0 Å². The normalized spacial score (nSPS) is 16.4. The molecule has 1 saturated carbocycles. The van der Waals surface area contributed by atoms with E-state index in [4.69, 9.17) is 4.74 Å². The largest absolute Gasteiger partial charge is 0.496 e. The summed E-state index contributed by atoms with van der Waals surface area (Å²) in [6.45, 7) is 3.77. The van der Waals surface area contributed by atoms with Gasteiger partial charge in [-0.05, 0) is 36.0 Å². The van der Waals surface area contributed by atoms with Gasteiger partial charge in [0.1, 0.15) is 17.3 Å². The number of carbonyl (C=O) groups excluding carboxylic acids is 2. The minimum absolute atomic E-state index is 0.000420. The molecular formula is C27H34N2O5S. The van der Waals surface area contributed by atoms with E-state index in [1.165, 1.54) is 0 Å². The number of thiol groups is 1. The lowest BCUT2D eigenvalue weighted by Gasteiger charge is -2.32. The molecule has 7 nitrogen and oxygen atoms in total. The van der Waals surface area contributed by atoms with Gasteiger partial charge in [0.25, 0.3) is 0 Å². The molecule has 8 heteroatoms. The number of carboxylic acids is 1. The molecule has 2 atom stereocenters. The third-order valence-electron chi connectivity index (χ3n) is 6.55. The average molecular weight is 499 g/mol. The summed E-state index contributed by atoms with van der Waals surface area (Å²) in [5, 5.41) is 14.9. The van der Waals surface area contributed by atoms with Gasteiger partial charge in [0.15, 0.2) is 0 Å². The fourth-order valence-electron chi connectivity index (χ4n) is 4.45. The number of nitrogens with one attached hydrogen (secondary N) is 2. The predicted octanol–water partition coefficient (Wildman–Crippen LogP) is 3.86. The highest BCUT2D eigenvalue weighted by molar-refractivity contribution is 7.81. The molecule has 1 aliphatic rings. The van der Waals surface area contributed by atoms with E-state index in [2.05, 4.69) is 23.3 Å². The van der Waals surface area contributed by atoms with Crippen molar-refractivity contribution in [3.05, 3.63) is 54.1 Å². The summed E-state index contributed by atoms with van der Waals surface area (Å²) < 4.78 is 5.56. The number of hydrogen-bond donors (Lipinski definition) is 4. The molecule has 0 saturated heterocycles. The molecule has 2 aromatic carbocycles. The van der Waals surface area contributed by atoms with Crippen LogP contribution >= 0.6 is 12.6 Å². The third-order valence-corrected chi connectivity index (χ3v) is 7.38. The van der Waals surface area contributed by atoms with Crippen LogP contribution in [0.2, 0.25) is 0 Å². The lowest BCUT2D eigenvalue weighted by molar-refractivity contribution is -0.143. The van der Waals surface area contributed by atoms with Crippen molar-refractivity contribution in [3.8, 4) is 16.9 Å². The Kier molecular flexibility index (Phi) is 8.83. The zero-order chi connectivity index (χ0) is 25.6. The van der Waals surface area contributed by atoms with Gasteiger partial charge >= 0.3 is 5.97 Å². The Morgan fingerprint density at radius 2 is 1.74 bits per heavy atom. The maximum atomic E-state index is 13.3. The molecule has 1 fully saturated rings. The minimum atomic E-state index is -1.15. The summed E-state index contributed by atoms with van der Waals surface area (Å²) in [4.78, 5) is 38.1. The highest BCUT2D eigenvalue weighted by atomic mass is 32.1. The Morgan fingerprint density at radius 1 is 1.09 bits per heavy atom. The Bertz CT molecular complexity index is 1050. The summed E-state index contributed by atoms with van der Waals surface area (Å²) in [5.74, 6) is -1.29. The molecule has 3 N–H and O–H groups in total. The van der Waals surface area contributed by atoms with Crippen molar-refractivity contribution in [3.63, 3.8) is 0 Å². The molecule has 0 aliphatic heterocycles. The smallest absolute Gasteiger partial charge is 0.326 e. The lowest BCUT2D eigenvalue weighted by Crippen LogP contribution is -2.61. The second kappa shape index (κ2) is 11.6. The summed E-state index contributed by atoms with van der Waals surface area (Å²) >= 11 is 4.37. The molecule has 0 spiro atoms. The Labute approximate surface area is 212 Å². The Morgan fingerprint density at radius 3 is 2.31 bits per heavy atom. The number of benzene rings is 2. The van der Waals surface area contributed by atoms with Crippen molar-refractivity contribution in [1.29, 1.82) is 0 Å². The van der Waals surface area contributed by atoms with Crippen LogP contribution in [0, 0.1) is 5.92 Å². The molecule has 0 aromatic heterocycles.